The highest BCUT2D eigenvalue weighted by Gasteiger charge is 2.04. The molecular weight excluding hydrogens is 268 g/mol. The summed E-state index contributed by atoms with van der Waals surface area (Å²) in [7, 11) is 1.34. The molecular formula is C16H18N2O3. The first-order chi connectivity index (χ1) is 10.2. The molecule has 1 aromatic carbocycles. The van der Waals surface area contributed by atoms with Gasteiger partial charge in [0.1, 0.15) is 5.75 Å². The van der Waals surface area contributed by atoms with Gasteiger partial charge in [0, 0.05) is 24.6 Å². The molecule has 0 aliphatic heterocycles. The van der Waals surface area contributed by atoms with Crippen LogP contribution in [0.2, 0.25) is 0 Å². The van der Waals surface area contributed by atoms with Crippen LogP contribution in [-0.4, -0.2) is 24.7 Å². The minimum atomic E-state index is -0.397. The Morgan fingerprint density at radius 3 is 2.86 bits per heavy atom. The topological polar surface area (TPSA) is 60.5 Å². The van der Waals surface area contributed by atoms with Crippen LogP contribution in [0.4, 0.5) is 5.69 Å². The van der Waals surface area contributed by atoms with Gasteiger partial charge in [-0.15, -0.1) is 0 Å². The molecule has 0 fully saturated rings. The van der Waals surface area contributed by atoms with E-state index in [2.05, 4.69) is 15.0 Å². The normalized spacial score (nSPS) is 10.0. The molecule has 0 unspecified atom stereocenters. The number of aryl methyl sites for hydroxylation is 1. The number of anilines is 1. The van der Waals surface area contributed by atoms with Crippen LogP contribution in [0.15, 0.2) is 42.7 Å². The van der Waals surface area contributed by atoms with Crippen LogP contribution in [0, 0.1) is 6.92 Å². The second-order valence-electron chi connectivity index (χ2n) is 4.56. The number of nitrogens with one attached hydrogen (secondary N) is 1. The molecule has 0 aliphatic rings. The molecule has 21 heavy (non-hydrogen) atoms. The Bertz CT molecular complexity index is 600. The molecule has 0 atom stereocenters. The smallest absolute Gasteiger partial charge is 0.343 e. The minimum absolute atomic E-state index is 0.0849. The number of hydrogen-bond acceptors (Lipinski definition) is 5. The molecule has 0 aliphatic carbocycles. The number of methoxy groups -OCH3 is 1. The van der Waals surface area contributed by atoms with E-state index in [-0.39, 0.29) is 6.61 Å². The molecule has 1 aromatic heterocycles. The van der Waals surface area contributed by atoms with Crippen LogP contribution in [0.1, 0.15) is 11.1 Å². The SMILES string of the molecule is COC(=O)COc1ccc(NCc2cccnc2)c(C)c1. The van der Waals surface area contributed by atoms with E-state index in [0.29, 0.717) is 12.3 Å². The maximum absolute atomic E-state index is 11.0. The Morgan fingerprint density at radius 1 is 1.33 bits per heavy atom. The monoisotopic (exact) mass is 286 g/mol. The van der Waals surface area contributed by atoms with E-state index in [4.69, 9.17) is 4.74 Å². The molecule has 5 heteroatoms. The zero-order valence-electron chi connectivity index (χ0n) is 12.1. The summed E-state index contributed by atoms with van der Waals surface area (Å²) in [6.45, 7) is 2.60. The van der Waals surface area contributed by atoms with Gasteiger partial charge in [-0.1, -0.05) is 6.07 Å². The van der Waals surface area contributed by atoms with Gasteiger partial charge in [0.05, 0.1) is 7.11 Å². The molecule has 0 amide bonds. The van der Waals surface area contributed by atoms with Gasteiger partial charge < -0.3 is 14.8 Å². The third-order valence-corrected chi connectivity index (χ3v) is 2.99. The standard InChI is InChI=1S/C16H18N2O3/c1-12-8-14(21-11-16(19)20-2)5-6-15(12)18-10-13-4-3-7-17-9-13/h3-9,18H,10-11H2,1-2H3. The zero-order chi connectivity index (χ0) is 15.1. The molecule has 2 rings (SSSR count). The lowest BCUT2D eigenvalue weighted by Gasteiger charge is -2.11. The Kier molecular flexibility index (Phi) is 5.15. The van der Waals surface area contributed by atoms with Crippen molar-refractivity contribution in [3.05, 3.63) is 53.9 Å². The predicted octanol–water partition coefficient (Wildman–Crippen LogP) is 2.55. The van der Waals surface area contributed by atoms with Gasteiger partial charge in [0.15, 0.2) is 6.61 Å². The lowest BCUT2D eigenvalue weighted by Crippen LogP contribution is -2.12. The van der Waals surface area contributed by atoms with Crippen LogP contribution in [0.5, 0.6) is 5.75 Å². The van der Waals surface area contributed by atoms with Gasteiger partial charge in [-0.05, 0) is 42.3 Å². The highest BCUT2D eigenvalue weighted by molar-refractivity contribution is 5.71. The van der Waals surface area contributed by atoms with Gasteiger partial charge in [0.2, 0.25) is 0 Å². The number of hydrogen-bond donors (Lipinski definition) is 1. The molecule has 0 radical (unpaired) electrons. The fraction of sp³-hybridized carbons (Fsp3) is 0.250. The maximum Gasteiger partial charge on any atom is 0.343 e. The first-order valence-electron chi connectivity index (χ1n) is 6.62. The fourth-order valence-corrected chi connectivity index (χ4v) is 1.83. The maximum atomic E-state index is 11.0. The van der Waals surface area contributed by atoms with Crippen LogP contribution >= 0.6 is 0 Å². The van der Waals surface area contributed by atoms with Gasteiger partial charge >= 0.3 is 5.97 Å². The van der Waals surface area contributed by atoms with Gasteiger partial charge in [-0.2, -0.15) is 0 Å². The number of benzene rings is 1. The van der Waals surface area contributed by atoms with E-state index in [1.54, 1.807) is 6.20 Å². The second kappa shape index (κ2) is 7.28. The first-order valence-corrected chi connectivity index (χ1v) is 6.62. The summed E-state index contributed by atoms with van der Waals surface area (Å²) in [5.41, 5.74) is 3.17. The summed E-state index contributed by atoms with van der Waals surface area (Å²) in [6, 6.07) is 9.56. The van der Waals surface area contributed by atoms with Crippen molar-refractivity contribution in [1.29, 1.82) is 0 Å². The molecule has 0 saturated heterocycles. The minimum Gasteiger partial charge on any atom is -0.482 e. The van der Waals surface area contributed by atoms with E-state index >= 15 is 0 Å². The van der Waals surface area contributed by atoms with Crippen molar-refractivity contribution >= 4 is 11.7 Å². The van der Waals surface area contributed by atoms with E-state index in [1.807, 2.05) is 43.5 Å². The number of esters is 1. The lowest BCUT2D eigenvalue weighted by atomic mass is 10.2. The van der Waals surface area contributed by atoms with E-state index in [0.717, 1.165) is 16.8 Å². The molecule has 0 spiro atoms. The summed E-state index contributed by atoms with van der Waals surface area (Å²) in [6.07, 6.45) is 3.58. The summed E-state index contributed by atoms with van der Waals surface area (Å²) < 4.78 is 9.88. The van der Waals surface area contributed by atoms with Crippen molar-refractivity contribution in [3.8, 4) is 5.75 Å². The highest BCUT2D eigenvalue weighted by Crippen LogP contribution is 2.21. The number of ether oxygens (including phenoxy) is 2. The number of pyridine rings is 1. The number of nitrogens with zero attached hydrogens (tertiary/aromatic N) is 1. The molecule has 2 aromatic rings. The van der Waals surface area contributed by atoms with Crippen molar-refractivity contribution in [2.45, 2.75) is 13.5 Å². The molecule has 0 saturated carbocycles. The van der Waals surface area contributed by atoms with Crippen LogP contribution in [-0.2, 0) is 16.1 Å². The second-order valence-corrected chi connectivity index (χ2v) is 4.56. The first kappa shape index (κ1) is 14.8. The molecule has 1 N–H and O–H groups in total. The number of carbonyl (C=O) groups excluding carboxylic acids is 1. The summed E-state index contributed by atoms with van der Waals surface area (Å²) >= 11 is 0. The number of aromatic nitrogens is 1. The van der Waals surface area contributed by atoms with Crippen LogP contribution in [0.3, 0.4) is 0 Å². The van der Waals surface area contributed by atoms with Crippen molar-refractivity contribution in [3.63, 3.8) is 0 Å². The summed E-state index contributed by atoms with van der Waals surface area (Å²) in [5.74, 6) is 0.247. The van der Waals surface area contributed by atoms with Crippen molar-refractivity contribution in [1.82, 2.24) is 4.98 Å². The van der Waals surface area contributed by atoms with Gasteiger partial charge in [0.25, 0.3) is 0 Å². The molecule has 5 nitrogen and oxygen atoms in total. The Hall–Kier alpha value is -2.56. The number of rotatable bonds is 6. The van der Waals surface area contributed by atoms with Crippen molar-refractivity contribution < 1.29 is 14.3 Å². The molecule has 0 bridgehead atoms. The van der Waals surface area contributed by atoms with E-state index < -0.39 is 5.97 Å². The van der Waals surface area contributed by atoms with Gasteiger partial charge in [-0.25, -0.2) is 4.79 Å². The fourth-order valence-electron chi connectivity index (χ4n) is 1.83. The average Bonchev–Trinajstić information content (AvgIpc) is 2.52. The van der Waals surface area contributed by atoms with Crippen molar-refractivity contribution in [2.75, 3.05) is 19.0 Å². The largest absolute Gasteiger partial charge is 0.482 e. The summed E-state index contributed by atoms with van der Waals surface area (Å²) in [5, 5.41) is 3.35. The Labute approximate surface area is 123 Å². The van der Waals surface area contributed by atoms with Crippen molar-refractivity contribution in [2.24, 2.45) is 0 Å². The quantitative estimate of drug-likeness (QED) is 0.827. The van der Waals surface area contributed by atoms with Crippen LogP contribution < -0.4 is 10.1 Å². The third-order valence-electron chi connectivity index (χ3n) is 2.99. The zero-order valence-corrected chi connectivity index (χ0v) is 12.1. The lowest BCUT2D eigenvalue weighted by molar-refractivity contribution is -0.142. The third kappa shape index (κ3) is 4.49. The Morgan fingerprint density at radius 2 is 2.19 bits per heavy atom. The average molecular weight is 286 g/mol. The Balaban J connectivity index is 1.94. The van der Waals surface area contributed by atoms with E-state index in [1.165, 1.54) is 7.11 Å². The number of carbonyl (C=O) groups is 1. The van der Waals surface area contributed by atoms with Crippen LogP contribution in [0.25, 0.3) is 0 Å². The molecule has 1 heterocycles. The highest BCUT2D eigenvalue weighted by atomic mass is 16.6. The van der Waals surface area contributed by atoms with Gasteiger partial charge in [-0.3, -0.25) is 4.98 Å². The summed E-state index contributed by atoms with van der Waals surface area (Å²) in [4.78, 5) is 15.1. The predicted molar refractivity (Wildman–Crippen MR) is 80.3 cm³/mol. The van der Waals surface area contributed by atoms with E-state index in [9.17, 15) is 4.79 Å². The molecule has 110 valence electrons.